The summed E-state index contributed by atoms with van der Waals surface area (Å²) in [5.41, 5.74) is 6.85. The van der Waals surface area contributed by atoms with Crippen molar-refractivity contribution in [2.75, 3.05) is 6.54 Å². The van der Waals surface area contributed by atoms with Crippen molar-refractivity contribution in [2.45, 2.75) is 25.1 Å². The van der Waals surface area contributed by atoms with Gasteiger partial charge in [-0.1, -0.05) is 51.8 Å². The molecule has 1 aliphatic rings. The summed E-state index contributed by atoms with van der Waals surface area (Å²) in [5.74, 6) is 0.0402. The van der Waals surface area contributed by atoms with Gasteiger partial charge in [0.25, 0.3) is 5.91 Å². The first-order valence-electron chi connectivity index (χ1n) is 7.18. The molecule has 3 rings (SSSR count). The number of aryl methyl sites for hydroxylation is 2. The zero-order chi connectivity index (χ0) is 15.0. The monoisotopic (exact) mass is 343 g/mol. The van der Waals surface area contributed by atoms with Crippen LogP contribution in [0.15, 0.2) is 36.4 Å². The Morgan fingerprint density at radius 1 is 1.14 bits per heavy atom. The lowest BCUT2D eigenvalue weighted by Gasteiger charge is -2.20. The van der Waals surface area contributed by atoms with E-state index in [4.69, 9.17) is 0 Å². The van der Waals surface area contributed by atoms with Crippen molar-refractivity contribution in [1.29, 1.82) is 0 Å². The van der Waals surface area contributed by atoms with Crippen molar-refractivity contribution in [3.05, 3.63) is 69.8 Å². The Bertz CT molecular complexity index is 708. The number of hydrogen-bond donors (Lipinski definition) is 1. The maximum Gasteiger partial charge on any atom is 0.251 e. The lowest BCUT2D eigenvalue weighted by atomic mass is 9.93. The number of alkyl halides is 1. The van der Waals surface area contributed by atoms with Gasteiger partial charge in [0.05, 0.1) is 4.83 Å². The summed E-state index contributed by atoms with van der Waals surface area (Å²) in [6.07, 6.45) is 0.915. The molecule has 0 aliphatic carbocycles. The molecule has 1 amide bonds. The zero-order valence-corrected chi connectivity index (χ0v) is 13.8. The Kier molecular flexibility index (Phi) is 3.85. The summed E-state index contributed by atoms with van der Waals surface area (Å²) >= 11 is 3.79. The van der Waals surface area contributed by atoms with Crippen LogP contribution in [-0.4, -0.2) is 12.5 Å². The molecule has 0 bridgehead atoms. The fourth-order valence-electron chi connectivity index (χ4n) is 2.88. The Hall–Kier alpha value is -1.61. The molecular weight excluding hydrogens is 326 g/mol. The number of hydrogen-bond acceptors (Lipinski definition) is 1. The van der Waals surface area contributed by atoms with Crippen LogP contribution in [0.25, 0.3) is 0 Å². The maximum absolute atomic E-state index is 12.0. The van der Waals surface area contributed by atoms with Crippen LogP contribution in [0.4, 0.5) is 0 Å². The molecule has 1 aliphatic heterocycles. The van der Waals surface area contributed by atoms with E-state index in [-0.39, 0.29) is 10.7 Å². The van der Waals surface area contributed by atoms with Crippen LogP contribution in [0, 0.1) is 13.8 Å². The van der Waals surface area contributed by atoms with Crippen molar-refractivity contribution in [3.8, 4) is 0 Å². The molecule has 108 valence electrons. The van der Waals surface area contributed by atoms with Crippen LogP contribution in [0.2, 0.25) is 0 Å². The van der Waals surface area contributed by atoms with Crippen LogP contribution < -0.4 is 5.32 Å². The summed E-state index contributed by atoms with van der Waals surface area (Å²) in [6.45, 7) is 4.96. The molecule has 0 aromatic heterocycles. The van der Waals surface area contributed by atoms with Gasteiger partial charge in [-0.3, -0.25) is 4.79 Å². The average molecular weight is 344 g/mol. The molecule has 1 atom stereocenters. The molecule has 2 nitrogen and oxygen atoms in total. The molecule has 0 saturated carbocycles. The fraction of sp³-hybridized carbons (Fsp3) is 0.278. The van der Waals surface area contributed by atoms with Crippen molar-refractivity contribution < 1.29 is 4.79 Å². The van der Waals surface area contributed by atoms with Gasteiger partial charge in [-0.15, -0.1) is 0 Å². The number of carbonyl (C=O) groups excluding carboxylic acids is 1. The lowest BCUT2D eigenvalue weighted by molar-refractivity contribution is 0.0946. The van der Waals surface area contributed by atoms with Crippen LogP contribution >= 0.6 is 15.9 Å². The number of nitrogens with one attached hydrogen (secondary N) is 1. The van der Waals surface area contributed by atoms with E-state index in [1.165, 1.54) is 16.7 Å². The molecule has 2 aromatic carbocycles. The van der Waals surface area contributed by atoms with Gasteiger partial charge in [0.2, 0.25) is 0 Å². The molecule has 0 saturated heterocycles. The van der Waals surface area contributed by atoms with E-state index in [9.17, 15) is 4.79 Å². The Labute approximate surface area is 133 Å². The quantitative estimate of drug-likeness (QED) is 0.818. The molecule has 1 heterocycles. The molecule has 0 radical (unpaired) electrons. The lowest BCUT2D eigenvalue weighted by Crippen LogP contribution is -2.31. The van der Waals surface area contributed by atoms with Gasteiger partial charge in [-0.25, -0.2) is 0 Å². The predicted octanol–water partition coefficient (Wildman–Crippen LogP) is 4.07. The van der Waals surface area contributed by atoms with Crippen molar-refractivity contribution >= 4 is 21.8 Å². The molecule has 0 spiro atoms. The number of amides is 1. The summed E-state index contributed by atoms with van der Waals surface area (Å²) in [6, 6.07) is 12.7. The Morgan fingerprint density at radius 2 is 1.95 bits per heavy atom. The average Bonchev–Trinajstić information content (AvgIpc) is 2.47. The van der Waals surface area contributed by atoms with Gasteiger partial charge >= 0.3 is 0 Å². The van der Waals surface area contributed by atoms with Crippen LogP contribution in [0.3, 0.4) is 0 Å². The molecule has 1 N–H and O–H groups in total. The maximum atomic E-state index is 12.0. The van der Waals surface area contributed by atoms with E-state index in [1.807, 2.05) is 6.07 Å². The van der Waals surface area contributed by atoms with Gasteiger partial charge in [-0.05, 0) is 48.6 Å². The Balaban J connectivity index is 2.00. The third kappa shape index (κ3) is 2.75. The summed E-state index contributed by atoms with van der Waals surface area (Å²) in [7, 11) is 0. The number of halogens is 1. The Morgan fingerprint density at radius 3 is 2.71 bits per heavy atom. The van der Waals surface area contributed by atoms with Crippen LogP contribution in [-0.2, 0) is 6.42 Å². The topological polar surface area (TPSA) is 29.1 Å². The first-order chi connectivity index (χ1) is 10.1. The number of carbonyl (C=O) groups is 1. The predicted molar refractivity (Wildman–Crippen MR) is 89.2 cm³/mol. The number of fused-ring (bicyclic) bond motifs is 1. The third-order valence-corrected chi connectivity index (χ3v) is 5.07. The smallest absolute Gasteiger partial charge is 0.251 e. The number of rotatable bonds is 2. The van der Waals surface area contributed by atoms with E-state index in [0.717, 1.165) is 29.7 Å². The normalized spacial score (nSPS) is 15.3. The minimum absolute atomic E-state index is 0.0402. The molecule has 2 aromatic rings. The van der Waals surface area contributed by atoms with E-state index in [2.05, 4.69) is 65.4 Å². The fourth-order valence-corrected chi connectivity index (χ4v) is 3.68. The second-order valence-electron chi connectivity index (χ2n) is 5.65. The minimum Gasteiger partial charge on any atom is -0.352 e. The summed E-state index contributed by atoms with van der Waals surface area (Å²) in [5, 5.41) is 2.91. The molecular formula is C18H18BrNO. The molecule has 21 heavy (non-hydrogen) atoms. The second kappa shape index (κ2) is 5.64. The highest BCUT2D eigenvalue weighted by Gasteiger charge is 2.20. The van der Waals surface area contributed by atoms with Crippen LogP contribution in [0.1, 0.15) is 43.0 Å². The van der Waals surface area contributed by atoms with E-state index < -0.39 is 0 Å². The van der Waals surface area contributed by atoms with Gasteiger partial charge in [0, 0.05) is 12.1 Å². The standard InChI is InChI=1S/C18H18BrNO/c1-11-3-6-15(12(2)9-11)17(19)14-5-4-13-7-8-20-18(21)16(13)10-14/h3-6,9-10,17H,7-8H2,1-2H3,(H,20,21). The third-order valence-electron chi connectivity index (χ3n) is 4.05. The van der Waals surface area contributed by atoms with E-state index in [1.54, 1.807) is 0 Å². The van der Waals surface area contributed by atoms with Gasteiger partial charge in [0.1, 0.15) is 0 Å². The first kappa shape index (κ1) is 14.3. The highest BCUT2D eigenvalue weighted by Crippen LogP contribution is 2.34. The van der Waals surface area contributed by atoms with E-state index >= 15 is 0 Å². The minimum atomic E-state index is 0.0402. The van der Waals surface area contributed by atoms with Crippen molar-refractivity contribution in [2.24, 2.45) is 0 Å². The highest BCUT2D eigenvalue weighted by atomic mass is 79.9. The largest absolute Gasteiger partial charge is 0.352 e. The first-order valence-corrected chi connectivity index (χ1v) is 8.10. The molecule has 0 fully saturated rings. The van der Waals surface area contributed by atoms with Gasteiger partial charge in [0.15, 0.2) is 0 Å². The summed E-state index contributed by atoms with van der Waals surface area (Å²) < 4.78 is 0. The highest BCUT2D eigenvalue weighted by molar-refractivity contribution is 9.09. The summed E-state index contributed by atoms with van der Waals surface area (Å²) in [4.78, 5) is 12.1. The van der Waals surface area contributed by atoms with Crippen LogP contribution in [0.5, 0.6) is 0 Å². The molecule has 3 heteroatoms. The van der Waals surface area contributed by atoms with Crippen molar-refractivity contribution in [3.63, 3.8) is 0 Å². The SMILES string of the molecule is Cc1ccc(C(Br)c2ccc3c(c2)C(=O)NCC3)c(C)c1. The van der Waals surface area contributed by atoms with E-state index in [0.29, 0.717) is 0 Å². The van der Waals surface area contributed by atoms with Gasteiger partial charge < -0.3 is 5.32 Å². The molecule has 1 unspecified atom stereocenters. The zero-order valence-electron chi connectivity index (χ0n) is 12.2. The van der Waals surface area contributed by atoms with Crippen molar-refractivity contribution in [1.82, 2.24) is 5.32 Å². The second-order valence-corrected chi connectivity index (χ2v) is 6.56. The number of benzene rings is 2. The van der Waals surface area contributed by atoms with Gasteiger partial charge in [-0.2, -0.15) is 0 Å².